The second-order valence-corrected chi connectivity index (χ2v) is 7.78. The number of nitrogens with zero attached hydrogens (tertiary/aromatic N) is 2. The van der Waals surface area contributed by atoms with Crippen molar-refractivity contribution in [2.45, 2.75) is 69.5 Å². The lowest BCUT2D eigenvalue weighted by atomic mass is 10.1. The molecule has 1 N–H and O–H groups in total. The highest BCUT2D eigenvalue weighted by Gasteiger charge is 2.29. The van der Waals surface area contributed by atoms with Crippen molar-refractivity contribution in [2.24, 2.45) is 0 Å². The van der Waals surface area contributed by atoms with Gasteiger partial charge in [0.1, 0.15) is 4.90 Å². The summed E-state index contributed by atoms with van der Waals surface area (Å²) in [5.74, 6) is 0. The Morgan fingerprint density at radius 1 is 1.29 bits per heavy atom. The van der Waals surface area contributed by atoms with Gasteiger partial charge in [0.05, 0.1) is 6.61 Å². The van der Waals surface area contributed by atoms with Gasteiger partial charge in [-0.3, -0.25) is 0 Å². The van der Waals surface area contributed by atoms with E-state index in [1.807, 2.05) is 6.92 Å². The second-order valence-electron chi connectivity index (χ2n) is 5.78. The fraction of sp³-hybridized carbons (Fsp3) is 0.733. The van der Waals surface area contributed by atoms with Crippen LogP contribution in [-0.4, -0.2) is 35.5 Å². The van der Waals surface area contributed by atoms with Crippen molar-refractivity contribution in [3.05, 3.63) is 18.0 Å². The highest BCUT2D eigenvalue weighted by molar-refractivity contribution is 7.89. The van der Waals surface area contributed by atoms with Crippen LogP contribution in [0.25, 0.3) is 0 Å². The number of aliphatic hydroxyl groups excluding tert-OH is 1. The number of rotatable bonds is 5. The Hall–Kier alpha value is -0.850. The first-order valence-electron chi connectivity index (χ1n) is 7.78. The van der Waals surface area contributed by atoms with Crippen LogP contribution < -0.4 is 0 Å². The summed E-state index contributed by atoms with van der Waals surface area (Å²) in [5, 5.41) is 9.32. The lowest BCUT2D eigenvalue weighted by Gasteiger charge is -2.26. The lowest BCUT2D eigenvalue weighted by Crippen LogP contribution is -2.36. The van der Waals surface area contributed by atoms with Gasteiger partial charge in [-0.25, -0.2) is 8.42 Å². The number of hydrogen-bond acceptors (Lipinski definition) is 3. The van der Waals surface area contributed by atoms with Crippen molar-refractivity contribution in [3.63, 3.8) is 0 Å². The molecule has 1 aliphatic carbocycles. The summed E-state index contributed by atoms with van der Waals surface area (Å²) in [4.78, 5) is 0.292. The molecule has 1 saturated carbocycles. The summed E-state index contributed by atoms with van der Waals surface area (Å²) in [7, 11) is -1.79. The average Bonchev–Trinajstić information content (AvgIpc) is 2.73. The maximum atomic E-state index is 12.8. The quantitative estimate of drug-likeness (QED) is 0.849. The molecule has 1 aromatic heterocycles. The molecule has 0 bridgehead atoms. The third kappa shape index (κ3) is 3.49. The molecule has 0 radical (unpaired) electrons. The largest absolute Gasteiger partial charge is 0.390 e. The molecule has 0 saturated heterocycles. The summed E-state index contributed by atoms with van der Waals surface area (Å²) in [6.07, 6.45) is 8.11. The number of aliphatic hydroxyl groups is 1. The molecule has 1 heterocycles. The Labute approximate surface area is 127 Å². The van der Waals surface area contributed by atoms with Gasteiger partial charge in [0.25, 0.3) is 0 Å². The topological polar surface area (TPSA) is 62.5 Å². The Morgan fingerprint density at radius 3 is 2.38 bits per heavy atom. The van der Waals surface area contributed by atoms with Crippen LogP contribution in [0.2, 0.25) is 0 Å². The Bertz CT molecular complexity index is 536. The van der Waals surface area contributed by atoms with Crippen molar-refractivity contribution in [2.75, 3.05) is 7.05 Å². The van der Waals surface area contributed by atoms with Gasteiger partial charge < -0.3 is 9.67 Å². The van der Waals surface area contributed by atoms with E-state index >= 15 is 0 Å². The third-order valence-corrected chi connectivity index (χ3v) is 6.35. The molecule has 1 fully saturated rings. The number of sulfonamides is 1. The molecule has 0 aliphatic heterocycles. The predicted molar refractivity (Wildman–Crippen MR) is 82.5 cm³/mol. The van der Waals surface area contributed by atoms with Gasteiger partial charge in [0.2, 0.25) is 10.0 Å². The number of aryl methyl sites for hydroxylation is 1. The van der Waals surface area contributed by atoms with Gasteiger partial charge in [0.15, 0.2) is 0 Å². The highest BCUT2D eigenvalue weighted by atomic mass is 32.2. The van der Waals surface area contributed by atoms with Crippen LogP contribution in [0.5, 0.6) is 0 Å². The molecule has 2 rings (SSSR count). The zero-order chi connectivity index (χ0) is 15.5. The zero-order valence-electron chi connectivity index (χ0n) is 13.0. The third-order valence-electron chi connectivity index (χ3n) is 4.48. The van der Waals surface area contributed by atoms with Crippen LogP contribution in [0.4, 0.5) is 0 Å². The first-order valence-corrected chi connectivity index (χ1v) is 9.22. The van der Waals surface area contributed by atoms with E-state index in [4.69, 9.17) is 0 Å². The van der Waals surface area contributed by atoms with E-state index in [1.165, 1.54) is 17.1 Å². The molecular weight excluding hydrogens is 288 g/mol. The fourth-order valence-corrected chi connectivity index (χ4v) is 4.56. The van der Waals surface area contributed by atoms with Crippen molar-refractivity contribution in [1.29, 1.82) is 0 Å². The minimum atomic E-state index is -3.48. The molecule has 0 aromatic carbocycles. The van der Waals surface area contributed by atoms with E-state index in [0.29, 0.717) is 17.1 Å². The van der Waals surface area contributed by atoms with E-state index in [1.54, 1.807) is 23.9 Å². The van der Waals surface area contributed by atoms with Gasteiger partial charge in [-0.15, -0.1) is 0 Å². The molecule has 0 spiro atoms. The molecule has 21 heavy (non-hydrogen) atoms. The van der Waals surface area contributed by atoms with Crippen molar-refractivity contribution < 1.29 is 13.5 Å². The second kappa shape index (κ2) is 6.94. The summed E-state index contributed by atoms with van der Waals surface area (Å²) >= 11 is 0. The lowest BCUT2D eigenvalue weighted by molar-refractivity contribution is 0.271. The standard InChI is InChI=1S/C15H26N2O3S/c1-3-17-11-15(10-14(17)12-18)21(19,20)16(2)13-8-6-4-5-7-9-13/h10-11,13,18H,3-9,12H2,1-2H3. The van der Waals surface area contributed by atoms with Crippen molar-refractivity contribution >= 4 is 10.0 Å². The van der Waals surface area contributed by atoms with Gasteiger partial charge in [-0.05, 0) is 25.8 Å². The Morgan fingerprint density at radius 2 is 1.90 bits per heavy atom. The molecular formula is C15H26N2O3S. The molecule has 0 atom stereocenters. The smallest absolute Gasteiger partial charge is 0.244 e. The summed E-state index contributed by atoms with van der Waals surface area (Å²) in [6, 6.07) is 1.69. The number of aromatic nitrogens is 1. The molecule has 1 aromatic rings. The number of hydrogen-bond donors (Lipinski definition) is 1. The molecule has 1 aliphatic rings. The molecule has 0 amide bonds. The van der Waals surface area contributed by atoms with E-state index in [0.717, 1.165) is 25.7 Å². The first-order chi connectivity index (χ1) is 10.0. The normalized spacial score (nSPS) is 18.1. The van der Waals surface area contributed by atoms with Crippen LogP contribution in [0.1, 0.15) is 51.1 Å². The zero-order valence-corrected chi connectivity index (χ0v) is 13.8. The maximum absolute atomic E-state index is 12.8. The molecule has 0 unspecified atom stereocenters. The van der Waals surface area contributed by atoms with Gasteiger partial charge in [-0.2, -0.15) is 4.31 Å². The van der Waals surface area contributed by atoms with Crippen LogP contribution in [-0.2, 0) is 23.2 Å². The first kappa shape index (κ1) is 16.5. The molecule has 120 valence electrons. The minimum Gasteiger partial charge on any atom is -0.390 e. The fourth-order valence-electron chi connectivity index (χ4n) is 3.08. The van der Waals surface area contributed by atoms with Crippen LogP contribution >= 0.6 is 0 Å². The predicted octanol–water partition coefficient (Wildman–Crippen LogP) is 2.34. The van der Waals surface area contributed by atoms with Crippen LogP contribution in [0, 0.1) is 0 Å². The SMILES string of the molecule is CCn1cc(S(=O)(=O)N(C)C2CCCCCC2)cc1CO. The van der Waals surface area contributed by atoms with Gasteiger partial charge in [0, 0.05) is 31.5 Å². The summed E-state index contributed by atoms with van der Waals surface area (Å²) in [5.41, 5.74) is 0.644. The Balaban J connectivity index is 2.25. The van der Waals surface area contributed by atoms with E-state index in [2.05, 4.69) is 0 Å². The molecule has 6 heteroatoms. The summed E-state index contributed by atoms with van der Waals surface area (Å²) < 4.78 is 28.9. The highest BCUT2D eigenvalue weighted by Crippen LogP contribution is 2.26. The maximum Gasteiger partial charge on any atom is 0.244 e. The monoisotopic (exact) mass is 314 g/mol. The van der Waals surface area contributed by atoms with Crippen molar-refractivity contribution in [1.82, 2.24) is 8.87 Å². The van der Waals surface area contributed by atoms with E-state index in [-0.39, 0.29) is 12.6 Å². The van der Waals surface area contributed by atoms with Crippen LogP contribution in [0.15, 0.2) is 17.2 Å². The minimum absolute atomic E-state index is 0.0973. The van der Waals surface area contributed by atoms with Gasteiger partial charge >= 0.3 is 0 Å². The van der Waals surface area contributed by atoms with E-state index in [9.17, 15) is 13.5 Å². The average molecular weight is 314 g/mol. The molecule has 5 nitrogen and oxygen atoms in total. The van der Waals surface area contributed by atoms with Gasteiger partial charge in [-0.1, -0.05) is 25.7 Å². The van der Waals surface area contributed by atoms with Crippen LogP contribution in [0.3, 0.4) is 0 Å². The Kier molecular flexibility index (Phi) is 5.46. The van der Waals surface area contributed by atoms with Crippen molar-refractivity contribution in [3.8, 4) is 0 Å². The summed E-state index contributed by atoms with van der Waals surface area (Å²) in [6.45, 7) is 2.44. The van der Waals surface area contributed by atoms with E-state index < -0.39 is 10.0 Å².